The van der Waals surface area contributed by atoms with Gasteiger partial charge in [0.15, 0.2) is 0 Å². The lowest BCUT2D eigenvalue weighted by atomic mass is 9.93. The van der Waals surface area contributed by atoms with Crippen molar-refractivity contribution in [3.8, 4) is 0 Å². The van der Waals surface area contributed by atoms with Gasteiger partial charge in [-0.15, -0.1) is 0 Å². The molecule has 0 bridgehead atoms. The van der Waals surface area contributed by atoms with Crippen molar-refractivity contribution in [3.63, 3.8) is 0 Å². The lowest BCUT2D eigenvalue weighted by molar-refractivity contribution is -0.144. The Morgan fingerprint density at radius 2 is 1.79 bits per heavy atom. The predicted molar refractivity (Wildman–Crippen MR) is 79.2 cm³/mol. The van der Waals surface area contributed by atoms with Crippen molar-refractivity contribution in [1.29, 1.82) is 0 Å². The number of aryl methyl sites for hydroxylation is 1. The summed E-state index contributed by atoms with van der Waals surface area (Å²) in [5.41, 5.74) is 3.71. The van der Waals surface area contributed by atoms with E-state index in [9.17, 15) is 4.79 Å². The molecule has 0 fully saturated rings. The molecular weight excluding hydrogens is 236 g/mol. The minimum Gasteiger partial charge on any atom is -0.458 e. The number of hydrogen-bond donors (Lipinski definition) is 0. The van der Waals surface area contributed by atoms with Gasteiger partial charge in [-0.1, -0.05) is 42.3 Å². The molecule has 0 aromatic heterocycles. The fraction of sp³-hybridized carbons (Fsp3) is 0.471. The Labute approximate surface area is 116 Å². The Kier molecular flexibility index (Phi) is 5.81. The molecule has 104 valence electrons. The van der Waals surface area contributed by atoms with E-state index < -0.39 is 0 Å². The van der Waals surface area contributed by atoms with Gasteiger partial charge in [-0.3, -0.25) is 4.79 Å². The largest absolute Gasteiger partial charge is 0.458 e. The molecule has 0 spiro atoms. The first kappa shape index (κ1) is 15.5. The maximum atomic E-state index is 11.1. The summed E-state index contributed by atoms with van der Waals surface area (Å²) in [5.74, 6) is 0.138. The first-order chi connectivity index (χ1) is 8.88. The van der Waals surface area contributed by atoms with Crippen LogP contribution in [-0.2, 0) is 9.53 Å². The van der Waals surface area contributed by atoms with Crippen LogP contribution in [0.1, 0.15) is 51.2 Å². The van der Waals surface area contributed by atoms with E-state index in [0.717, 1.165) is 6.42 Å². The first-order valence-corrected chi connectivity index (χ1v) is 6.77. The number of esters is 1. The molecular formula is C17H24O2. The number of rotatable bonds is 5. The minimum absolute atomic E-state index is 0.140. The molecule has 0 aliphatic carbocycles. The van der Waals surface area contributed by atoms with Crippen molar-refractivity contribution in [3.05, 3.63) is 47.0 Å². The summed E-state index contributed by atoms with van der Waals surface area (Å²) in [4.78, 5) is 11.1. The van der Waals surface area contributed by atoms with E-state index in [1.54, 1.807) is 0 Å². The number of carbonyl (C=O) groups is 1. The molecule has 0 saturated carbocycles. The van der Waals surface area contributed by atoms with E-state index in [4.69, 9.17) is 4.74 Å². The molecule has 2 atom stereocenters. The molecule has 0 unspecified atom stereocenters. The summed E-state index contributed by atoms with van der Waals surface area (Å²) in [6, 6.07) is 8.53. The number of hydrogen-bond acceptors (Lipinski definition) is 2. The zero-order valence-electron chi connectivity index (χ0n) is 12.6. The average Bonchev–Trinajstić information content (AvgIpc) is 2.27. The Bertz CT molecular complexity index is 439. The SMILES string of the molecule is CC(=O)O[C@@H](C=C(C)C)C[C@H](C)c1ccc(C)cc1. The van der Waals surface area contributed by atoms with Crippen LogP contribution in [0.4, 0.5) is 0 Å². The fourth-order valence-corrected chi connectivity index (χ4v) is 2.11. The fourth-order valence-electron chi connectivity index (χ4n) is 2.11. The molecule has 1 rings (SSSR count). The molecule has 0 aliphatic heterocycles. The third-order valence-corrected chi connectivity index (χ3v) is 3.07. The number of carbonyl (C=O) groups excluding carboxylic acids is 1. The third-order valence-electron chi connectivity index (χ3n) is 3.07. The summed E-state index contributed by atoms with van der Waals surface area (Å²) < 4.78 is 5.36. The van der Waals surface area contributed by atoms with Crippen molar-refractivity contribution in [2.75, 3.05) is 0 Å². The van der Waals surface area contributed by atoms with Crippen LogP contribution in [0.5, 0.6) is 0 Å². The van der Waals surface area contributed by atoms with Gasteiger partial charge in [-0.05, 0) is 44.7 Å². The summed E-state index contributed by atoms with van der Waals surface area (Å²) >= 11 is 0. The second kappa shape index (κ2) is 7.13. The van der Waals surface area contributed by atoms with E-state index in [-0.39, 0.29) is 12.1 Å². The zero-order valence-corrected chi connectivity index (χ0v) is 12.6. The Hall–Kier alpha value is -1.57. The smallest absolute Gasteiger partial charge is 0.303 e. The highest BCUT2D eigenvalue weighted by atomic mass is 16.5. The molecule has 0 heterocycles. The van der Waals surface area contributed by atoms with E-state index >= 15 is 0 Å². The highest BCUT2D eigenvalue weighted by molar-refractivity contribution is 5.66. The lowest BCUT2D eigenvalue weighted by Crippen LogP contribution is -2.17. The Balaban J connectivity index is 2.75. The quantitative estimate of drug-likeness (QED) is 0.580. The van der Waals surface area contributed by atoms with Crippen LogP contribution in [0, 0.1) is 6.92 Å². The monoisotopic (exact) mass is 260 g/mol. The summed E-state index contributed by atoms with van der Waals surface area (Å²) in [6.45, 7) is 9.75. The van der Waals surface area contributed by atoms with Gasteiger partial charge in [0.05, 0.1) is 0 Å². The molecule has 0 N–H and O–H groups in total. The van der Waals surface area contributed by atoms with Crippen LogP contribution in [0.3, 0.4) is 0 Å². The standard InChI is InChI=1S/C17H24O2/c1-12(2)10-17(19-15(5)18)11-14(4)16-8-6-13(3)7-9-16/h6-10,14,17H,11H2,1-5H3/t14-,17-/m0/s1. The first-order valence-electron chi connectivity index (χ1n) is 6.77. The predicted octanol–water partition coefficient (Wildman–Crippen LogP) is 4.39. The summed E-state index contributed by atoms with van der Waals surface area (Å²) in [5, 5.41) is 0. The van der Waals surface area contributed by atoms with Crippen molar-refractivity contribution >= 4 is 5.97 Å². The highest BCUT2D eigenvalue weighted by Gasteiger charge is 2.15. The minimum atomic E-state index is -0.224. The summed E-state index contributed by atoms with van der Waals surface area (Å²) in [7, 11) is 0. The third kappa shape index (κ3) is 5.73. The number of allylic oxidation sites excluding steroid dienone is 1. The summed E-state index contributed by atoms with van der Waals surface area (Å²) in [6.07, 6.45) is 2.69. The van der Waals surface area contributed by atoms with Crippen molar-refractivity contribution in [1.82, 2.24) is 0 Å². The maximum Gasteiger partial charge on any atom is 0.303 e. The van der Waals surface area contributed by atoms with Crippen molar-refractivity contribution in [2.45, 2.75) is 53.1 Å². The van der Waals surface area contributed by atoms with Crippen LogP contribution in [0.25, 0.3) is 0 Å². The van der Waals surface area contributed by atoms with E-state index in [0.29, 0.717) is 5.92 Å². The normalized spacial score (nSPS) is 13.5. The van der Waals surface area contributed by atoms with Gasteiger partial charge in [-0.2, -0.15) is 0 Å². The van der Waals surface area contributed by atoms with Crippen molar-refractivity contribution in [2.24, 2.45) is 0 Å². The molecule has 0 amide bonds. The molecule has 1 aromatic rings. The Morgan fingerprint density at radius 3 is 2.26 bits per heavy atom. The molecule has 0 aliphatic rings. The van der Waals surface area contributed by atoms with Crippen molar-refractivity contribution < 1.29 is 9.53 Å². The van der Waals surface area contributed by atoms with E-state index in [1.807, 2.05) is 19.9 Å². The van der Waals surface area contributed by atoms with Gasteiger partial charge in [0.2, 0.25) is 0 Å². The molecule has 0 saturated heterocycles. The van der Waals surface area contributed by atoms with E-state index in [2.05, 4.69) is 38.1 Å². The number of ether oxygens (including phenoxy) is 1. The highest BCUT2D eigenvalue weighted by Crippen LogP contribution is 2.23. The topological polar surface area (TPSA) is 26.3 Å². The molecule has 19 heavy (non-hydrogen) atoms. The lowest BCUT2D eigenvalue weighted by Gasteiger charge is -2.19. The van der Waals surface area contributed by atoms with Crippen LogP contribution in [0.15, 0.2) is 35.9 Å². The molecule has 2 nitrogen and oxygen atoms in total. The molecule has 1 aromatic carbocycles. The second-order valence-corrected chi connectivity index (χ2v) is 5.44. The van der Waals surface area contributed by atoms with E-state index in [1.165, 1.54) is 23.6 Å². The Morgan fingerprint density at radius 1 is 1.21 bits per heavy atom. The van der Waals surface area contributed by atoms with Gasteiger partial charge >= 0.3 is 5.97 Å². The van der Waals surface area contributed by atoms with Gasteiger partial charge in [0.25, 0.3) is 0 Å². The second-order valence-electron chi connectivity index (χ2n) is 5.44. The maximum absolute atomic E-state index is 11.1. The van der Waals surface area contributed by atoms with Gasteiger partial charge in [0, 0.05) is 6.92 Å². The zero-order chi connectivity index (χ0) is 14.4. The van der Waals surface area contributed by atoms with Gasteiger partial charge in [0.1, 0.15) is 6.10 Å². The van der Waals surface area contributed by atoms with Gasteiger partial charge < -0.3 is 4.74 Å². The van der Waals surface area contributed by atoms with Crippen LogP contribution in [0.2, 0.25) is 0 Å². The van der Waals surface area contributed by atoms with Crippen LogP contribution in [-0.4, -0.2) is 12.1 Å². The van der Waals surface area contributed by atoms with Crippen LogP contribution >= 0.6 is 0 Å². The van der Waals surface area contributed by atoms with Crippen LogP contribution < -0.4 is 0 Å². The molecule has 0 radical (unpaired) electrons. The average molecular weight is 260 g/mol. The van der Waals surface area contributed by atoms with Gasteiger partial charge in [-0.25, -0.2) is 0 Å². The molecule has 2 heteroatoms. The number of benzene rings is 1.